The first kappa shape index (κ1) is 16.7. The fourth-order valence-corrected chi connectivity index (χ4v) is 3.35. The van der Waals surface area contributed by atoms with Crippen molar-refractivity contribution in [3.63, 3.8) is 0 Å². The molecule has 0 radical (unpaired) electrons. The third-order valence-electron chi connectivity index (χ3n) is 4.71. The largest absolute Gasteiger partial charge is 0.496 e. The number of likely N-dealkylation sites (tertiary alicyclic amines) is 1. The summed E-state index contributed by atoms with van der Waals surface area (Å²) < 4.78 is 19.2. The first-order valence-corrected chi connectivity index (χ1v) is 8.11. The Balaban J connectivity index is 1.72. The Hall–Kier alpha value is -2.15. The van der Waals surface area contributed by atoms with Crippen LogP contribution < -0.4 is 4.74 Å². The Morgan fingerprint density at radius 3 is 2.67 bits per heavy atom. The van der Waals surface area contributed by atoms with Crippen LogP contribution >= 0.6 is 0 Å². The molecule has 1 aromatic carbocycles. The number of hydrogen-bond acceptors (Lipinski definition) is 4. The Morgan fingerprint density at radius 2 is 2.08 bits per heavy atom. The van der Waals surface area contributed by atoms with Gasteiger partial charge in [-0.15, -0.1) is 0 Å². The summed E-state index contributed by atoms with van der Waals surface area (Å²) in [5.41, 5.74) is -0.571. The topological polar surface area (TPSA) is 59.1 Å². The molecule has 7 heteroatoms. The van der Waals surface area contributed by atoms with Gasteiger partial charge < -0.3 is 9.64 Å². The first-order valence-electron chi connectivity index (χ1n) is 8.11. The maximum Gasteiger partial charge on any atom is 0.260 e. The molecule has 0 bridgehead atoms. The maximum atomic E-state index is 14.1. The van der Waals surface area contributed by atoms with E-state index in [1.807, 2.05) is 6.92 Å². The Morgan fingerprint density at radius 1 is 1.38 bits per heavy atom. The number of carbonyl (C=O) groups is 2. The zero-order valence-electron chi connectivity index (χ0n) is 13.9. The van der Waals surface area contributed by atoms with E-state index in [2.05, 4.69) is 0 Å². The molecule has 2 aliphatic rings. The zero-order valence-corrected chi connectivity index (χ0v) is 13.9. The molecule has 0 aromatic heterocycles. The van der Waals surface area contributed by atoms with Gasteiger partial charge >= 0.3 is 0 Å². The Labute approximate surface area is 140 Å². The number of hydrogen-bond donors (Lipinski definition) is 0. The third-order valence-corrected chi connectivity index (χ3v) is 4.71. The van der Waals surface area contributed by atoms with E-state index in [-0.39, 0.29) is 17.2 Å². The summed E-state index contributed by atoms with van der Waals surface area (Å²) in [6.45, 7) is 3.21. The van der Waals surface area contributed by atoms with E-state index < -0.39 is 17.3 Å². The molecule has 2 fully saturated rings. The third kappa shape index (κ3) is 2.84. The lowest BCUT2D eigenvalue weighted by Crippen LogP contribution is -2.47. The number of hydroxylamine groups is 2. The number of halogens is 1. The van der Waals surface area contributed by atoms with E-state index in [4.69, 9.17) is 9.57 Å². The molecule has 2 heterocycles. The van der Waals surface area contributed by atoms with Crippen LogP contribution in [0.1, 0.15) is 36.5 Å². The second-order valence-electron chi connectivity index (χ2n) is 6.15. The van der Waals surface area contributed by atoms with Crippen LogP contribution in [0, 0.1) is 5.82 Å². The van der Waals surface area contributed by atoms with E-state index in [1.54, 1.807) is 11.0 Å². The van der Waals surface area contributed by atoms with Gasteiger partial charge in [0.1, 0.15) is 22.7 Å². The molecule has 130 valence electrons. The first-order chi connectivity index (χ1) is 11.5. The molecule has 3 rings (SSSR count). The average Bonchev–Trinajstić information content (AvgIpc) is 2.90. The number of rotatable bonds is 3. The minimum absolute atomic E-state index is 0.0203. The van der Waals surface area contributed by atoms with Crippen LogP contribution in [0.15, 0.2) is 18.2 Å². The minimum Gasteiger partial charge on any atom is -0.496 e. The molecule has 2 amide bonds. The van der Waals surface area contributed by atoms with Crippen molar-refractivity contribution in [2.24, 2.45) is 0 Å². The fourth-order valence-electron chi connectivity index (χ4n) is 3.35. The SMILES string of the molecule is CCN1OC2(CCN(C(=O)c3c(F)cccc3OC)CC2)CC1=O. The van der Waals surface area contributed by atoms with Gasteiger partial charge in [-0.3, -0.25) is 14.4 Å². The van der Waals surface area contributed by atoms with Crippen LogP contribution in [0.2, 0.25) is 0 Å². The molecule has 24 heavy (non-hydrogen) atoms. The van der Waals surface area contributed by atoms with E-state index >= 15 is 0 Å². The molecule has 2 saturated heterocycles. The monoisotopic (exact) mass is 336 g/mol. The number of carbonyl (C=O) groups excluding carboxylic acids is 2. The van der Waals surface area contributed by atoms with Gasteiger partial charge in [-0.2, -0.15) is 0 Å². The summed E-state index contributed by atoms with van der Waals surface area (Å²) in [6, 6.07) is 4.33. The van der Waals surface area contributed by atoms with Gasteiger partial charge in [0.05, 0.1) is 13.5 Å². The van der Waals surface area contributed by atoms with Gasteiger partial charge in [-0.1, -0.05) is 6.07 Å². The van der Waals surface area contributed by atoms with Crippen LogP contribution in [0.5, 0.6) is 5.75 Å². The number of benzene rings is 1. The summed E-state index contributed by atoms with van der Waals surface area (Å²) in [4.78, 5) is 32.0. The molecule has 0 unspecified atom stereocenters. The van der Waals surface area contributed by atoms with Gasteiger partial charge in [0.2, 0.25) is 5.91 Å². The second kappa shape index (κ2) is 6.39. The molecule has 6 nitrogen and oxygen atoms in total. The van der Waals surface area contributed by atoms with Crippen LogP contribution in [0.3, 0.4) is 0 Å². The highest BCUT2D eigenvalue weighted by Gasteiger charge is 2.47. The maximum absolute atomic E-state index is 14.1. The molecule has 1 aromatic rings. The number of ether oxygens (including phenoxy) is 1. The Kier molecular flexibility index (Phi) is 4.45. The van der Waals surface area contributed by atoms with E-state index in [9.17, 15) is 14.0 Å². The number of methoxy groups -OCH3 is 1. The van der Waals surface area contributed by atoms with Crippen molar-refractivity contribution in [1.29, 1.82) is 0 Å². The molecule has 1 spiro atoms. The van der Waals surface area contributed by atoms with Gasteiger partial charge in [-0.05, 0) is 31.9 Å². The van der Waals surface area contributed by atoms with Gasteiger partial charge in [0.15, 0.2) is 0 Å². The van der Waals surface area contributed by atoms with Crippen molar-refractivity contribution >= 4 is 11.8 Å². The average molecular weight is 336 g/mol. The van der Waals surface area contributed by atoms with Crippen molar-refractivity contribution in [1.82, 2.24) is 9.96 Å². The van der Waals surface area contributed by atoms with Crippen molar-refractivity contribution in [2.45, 2.75) is 31.8 Å². The molecular formula is C17H21FN2O4. The van der Waals surface area contributed by atoms with Gasteiger partial charge in [0.25, 0.3) is 5.91 Å². The van der Waals surface area contributed by atoms with Crippen LogP contribution in [-0.2, 0) is 9.63 Å². The number of nitrogens with zero attached hydrogens (tertiary/aromatic N) is 2. The van der Waals surface area contributed by atoms with E-state index in [1.165, 1.54) is 24.3 Å². The molecule has 0 saturated carbocycles. The predicted molar refractivity (Wildman–Crippen MR) is 83.9 cm³/mol. The summed E-state index contributed by atoms with van der Waals surface area (Å²) in [5.74, 6) is -0.779. The molecule has 0 atom stereocenters. The lowest BCUT2D eigenvalue weighted by Gasteiger charge is -2.37. The highest BCUT2D eigenvalue weighted by molar-refractivity contribution is 5.97. The van der Waals surface area contributed by atoms with Gasteiger partial charge in [-0.25, -0.2) is 9.45 Å². The fraction of sp³-hybridized carbons (Fsp3) is 0.529. The number of piperidine rings is 1. The summed E-state index contributed by atoms with van der Waals surface area (Å²) in [7, 11) is 1.41. The van der Waals surface area contributed by atoms with Crippen molar-refractivity contribution in [2.75, 3.05) is 26.7 Å². The van der Waals surface area contributed by atoms with Crippen LogP contribution in [-0.4, -0.2) is 54.1 Å². The zero-order chi connectivity index (χ0) is 17.3. The second-order valence-corrected chi connectivity index (χ2v) is 6.15. The van der Waals surface area contributed by atoms with Crippen LogP contribution in [0.25, 0.3) is 0 Å². The van der Waals surface area contributed by atoms with Crippen molar-refractivity contribution in [3.8, 4) is 5.75 Å². The van der Waals surface area contributed by atoms with E-state index in [0.717, 1.165) is 0 Å². The standard InChI is InChI=1S/C17H21FN2O4/c1-3-20-14(21)11-17(24-20)7-9-19(10-8-17)16(22)15-12(18)5-4-6-13(15)23-2/h4-6H,3,7-11H2,1-2H3. The highest BCUT2D eigenvalue weighted by atomic mass is 19.1. The smallest absolute Gasteiger partial charge is 0.260 e. The number of amides is 2. The molecular weight excluding hydrogens is 315 g/mol. The van der Waals surface area contributed by atoms with Crippen LogP contribution in [0.4, 0.5) is 4.39 Å². The molecule has 0 N–H and O–H groups in total. The Bertz CT molecular complexity index is 656. The minimum atomic E-state index is -0.593. The highest BCUT2D eigenvalue weighted by Crippen LogP contribution is 2.37. The van der Waals surface area contributed by atoms with Crippen molar-refractivity contribution < 1.29 is 23.6 Å². The van der Waals surface area contributed by atoms with Crippen molar-refractivity contribution in [3.05, 3.63) is 29.6 Å². The molecule has 2 aliphatic heterocycles. The summed E-state index contributed by atoms with van der Waals surface area (Å²) in [6.07, 6.45) is 1.45. The predicted octanol–water partition coefficient (Wildman–Crippen LogP) is 1.99. The quantitative estimate of drug-likeness (QED) is 0.847. The lowest BCUT2D eigenvalue weighted by atomic mass is 9.88. The lowest BCUT2D eigenvalue weighted by molar-refractivity contribution is -0.206. The molecule has 0 aliphatic carbocycles. The van der Waals surface area contributed by atoms with Gasteiger partial charge in [0, 0.05) is 19.6 Å². The summed E-state index contributed by atoms with van der Waals surface area (Å²) in [5, 5.41) is 1.39. The normalized spacial score (nSPS) is 19.9. The summed E-state index contributed by atoms with van der Waals surface area (Å²) >= 11 is 0. The van der Waals surface area contributed by atoms with E-state index in [0.29, 0.717) is 38.9 Å².